The fourth-order valence-corrected chi connectivity index (χ4v) is 2.83. The van der Waals surface area contributed by atoms with E-state index in [0.717, 1.165) is 0 Å². The first-order chi connectivity index (χ1) is 3.00. The van der Waals surface area contributed by atoms with Gasteiger partial charge in [0.15, 0.2) is 0 Å². The van der Waals surface area contributed by atoms with Gasteiger partial charge in [0.2, 0.25) is 15.2 Å². The van der Waals surface area contributed by atoms with Gasteiger partial charge in [-0.3, -0.25) is 4.70 Å². The van der Waals surface area contributed by atoms with Gasteiger partial charge in [-0.1, -0.05) is 29.8 Å². The molecule has 0 atom stereocenters. The second-order valence-electron chi connectivity index (χ2n) is 2.12. The predicted molar refractivity (Wildman–Crippen MR) is 33.1 cm³/mol. The van der Waals surface area contributed by atoms with E-state index in [2.05, 4.69) is 0 Å². The van der Waals surface area contributed by atoms with Crippen molar-refractivity contribution in [2.24, 2.45) is 0 Å². The lowest BCUT2D eigenvalue weighted by atomic mass is 10.3. The van der Waals surface area contributed by atoms with Gasteiger partial charge in [-0.15, -0.1) is 0 Å². The summed E-state index contributed by atoms with van der Waals surface area (Å²) in [4.78, 5) is 0. The SMILES string of the molecule is C1C[CH2][AlH][CH2]C1.F. The second kappa shape index (κ2) is 4.62. The molecule has 2 heteroatoms. The molecule has 0 amide bonds. The van der Waals surface area contributed by atoms with Gasteiger partial charge in [-0.05, 0) is 0 Å². The molecule has 0 bridgehead atoms. The molecule has 0 unspecified atom stereocenters. The Hall–Kier alpha value is 0.462. The third kappa shape index (κ3) is 3.08. The fraction of sp³-hybridized carbons (Fsp3) is 1.00. The molecule has 0 aromatic rings. The summed E-state index contributed by atoms with van der Waals surface area (Å²) >= 11 is 0.508. The number of hydrogen-bond acceptors (Lipinski definition) is 0. The largest absolute Gasteiger partial charge is 0.269 e. The van der Waals surface area contributed by atoms with Crippen LogP contribution in [0, 0.1) is 0 Å². The first-order valence-electron chi connectivity index (χ1n) is 3.00. The average Bonchev–Trinajstić information content (AvgIpc) is 1.72. The average molecular weight is 118 g/mol. The lowest BCUT2D eigenvalue weighted by Crippen LogP contribution is -1.94. The van der Waals surface area contributed by atoms with Crippen LogP contribution in [-0.2, 0) is 0 Å². The van der Waals surface area contributed by atoms with Crippen LogP contribution in [0.25, 0.3) is 0 Å². The van der Waals surface area contributed by atoms with E-state index in [0.29, 0.717) is 15.2 Å². The van der Waals surface area contributed by atoms with Crippen LogP contribution < -0.4 is 0 Å². The topological polar surface area (TPSA) is 0 Å². The summed E-state index contributed by atoms with van der Waals surface area (Å²) in [5, 5.41) is 3.28. The van der Waals surface area contributed by atoms with E-state index < -0.39 is 0 Å². The molecule has 0 N–H and O–H groups in total. The Morgan fingerprint density at radius 3 is 1.57 bits per heavy atom. The van der Waals surface area contributed by atoms with Crippen LogP contribution in [0.1, 0.15) is 19.3 Å². The van der Waals surface area contributed by atoms with Crippen LogP contribution >= 0.6 is 0 Å². The maximum Gasteiger partial charge on any atom is 0.236 e. The molecule has 0 aromatic heterocycles. The first-order valence-corrected chi connectivity index (χ1v) is 5.00. The molecule has 1 fully saturated rings. The molecule has 0 nitrogen and oxygen atoms in total. The number of rotatable bonds is 0. The van der Waals surface area contributed by atoms with E-state index in [9.17, 15) is 0 Å². The van der Waals surface area contributed by atoms with Gasteiger partial charge in [0, 0.05) is 0 Å². The molecule has 1 aliphatic rings. The van der Waals surface area contributed by atoms with Crippen LogP contribution in [0.2, 0.25) is 10.6 Å². The van der Waals surface area contributed by atoms with Gasteiger partial charge in [-0.25, -0.2) is 0 Å². The van der Waals surface area contributed by atoms with Crippen molar-refractivity contribution in [3.05, 3.63) is 0 Å². The van der Waals surface area contributed by atoms with E-state index in [1.807, 2.05) is 0 Å². The Morgan fingerprint density at radius 2 is 1.43 bits per heavy atom. The van der Waals surface area contributed by atoms with Crippen LogP contribution in [0.5, 0.6) is 0 Å². The smallest absolute Gasteiger partial charge is 0.236 e. The molecule has 0 radical (unpaired) electrons. The second-order valence-corrected chi connectivity index (χ2v) is 4.24. The molecule has 7 heavy (non-hydrogen) atoms. The Labute approximate surface area is 50.4 Å². The van der Waals surface area contributed by atoms with E-state index >= 15 is 0 Å². The molecule has 1 aliphatic heterocycles. The van der Waals surface area contributed by atoms with E-state index in [4.69, 9.17) is 0 Å². The van der Waals surface area contributed by atoms with Gasteiger partial charge >= 0.3 is 0 Å². The number of halogens is 1. The van der Waals surface area contributed by atoms with Crippen molar-refractivity contribution in [2.75, 3.05) is 0 Å². The first kappa shape index (κ1) is 7.46. The van der Waals surface area contributed by atoms with Gasteiger partial charge in [-0.2, -0.15) is 0 Å². The zero-order valence-corrected chi connectivity index (χ0v) is 6.07. The third-order valence-corrected chi connectivity index (χ3v) is 3.50. The van der Waals surface area contributed by atoms with Crippen molar-refractivity contribution in [1.29, 1.82) is 0 Å². The summed E-state index contributed by atoms with van der Waals surface area (Å²) in [6.07, 6.45) is 4.66. The highest BCUT2D eigenvalue weighted by atomic mass is 27.1. The Kier molecular flexibility index (Phi) is 4.92. The van der Waals surface area contributed by atoms with Crippen molar-refractivity contribution in [3.63, 3.8) is 0 Å². The third-order valence-electron chi connectivity index (χ3n) is 1.50. The van der Waals surface area contributed by atoms with Gasteiger partial charge in [0.1, 0.15) is 0 Å². The minimum absolute atomic E-state index is 0. The molecule has 1 heterocycles. The van der Waals surface area contributed by atoms with Crippen LogP contribution in [0.3, 0.4) is 0 Å². The molecular weight excluding hydrogens is 106 g/mol. The maximum atomic E-state index is 1.64. The van der Waals surface area contributed by atoms with E-state index in [1.54, 1.807) is 23.4 Å². The molecule has 42 valence electrons. The molecule has 1 saturated heterocycles. The highest BCUT2D eigenvalue weighted by Gasteiger charge is 1.99. The van der Waals surface area contributed by atoms with Crippen molar-refractivity contribution >= 4 is 15.2 Å². The summed E-state index contributed by atoms with van der Waals surface area (Å²) in [6, 6.07) is 0. The van der Waals surface area contributed by atoms with Gasteiger partial charge in [0.05, 0.1) is 0 Å². The quantitative estimate of drug-likeness (QED) is 0.424. The highest BCUT2D eigenvalue weighted by Crippen LogP contribution is 2.10. The van der Waals surface area contributed by atoms with Crippen molar-refractivity contribution in [2.45, 2.75) is 29.8 Å². The molecule has 0 saturated carbocycles. The lowest BCUT2D eigenvalue weighted by Gasteiger charge is -2.03. The van der Waals surface area contributed by atoms with E-state index in [1.165, 1.54) is 6.42 Å². The summed E-state index contributed by atoms with van der Waals surface area (Å²) in [7, 11) is 0. The molecule has 1 rings (SSSR count). The maximum absolute atomic E-state index is 1.64. The van der Waals surface area contributed by atoms with Crippen LogP contribution in [0.15, 0.2) is 0 Å². The molecular formula is C5H12AlF. The van der Waals surface area contributed by atoms with Crippen molar-refractivity contribution < 1.29 is 4.70 Å². The van der Waals surface area contributed by atoms with Crippen molar-refractivity contribution in [1.82, 2.24) is 0 Å². The lowest BCUT2D eigenvalue weighted by molar-refractivity contribution is 0.734. The summed E-state index contributed by atoms with van der Waals surface area (Å²) < 4.78 is 0. The zero-order valence-electron chi connectivity index (χ0n) is 4.65. The standard InChI is InChI=1S/C5H10.Al.FH.H/c1-3-5-4-2;;;/h1-5H2;;1H;. The summed E-state index contributed by atoms with van der Waals surface area (Å²) in [5.41, 5.74) is 0. The van der Waals surface area contributed by atoms with Crippen LogP contribution in [-0.4, -0.2) is 15.2 Å². The Morgan fingerprint density at radius 1 is 0.857 bits per heavy atom. The number of hydrogen-bond donors (Lipinski definition) is 0. The summed E-state index contributed by atoms with van der Waals surface area (Å²) in [5.74, 6) is 0. The van der Waals surface area contributed by atoms with Gasteiger partial charge < -0.3 is 0 Å². The fourth-order valence-electron chi connectivity index (χ4n) is 1.06. The Balaban J connectivity index is 0.000000360. The van der Waals surface area contributed by atoms with Crippen molar-refractivity contribution in [3.8, 4) is 0 Å². The highest BCUT2D eigenvalue weighted by molar-refractivity contribution is 6.35. The predicted octanol–water partition coefficient (Wildman–Crippen LogP) is 1.60. The van der Waals surface area contributed by atoms with E-state index in [-0.39, 0.29) is 4.70 Å². The molecule has 0 aliphatic carbocycles. The molecule has 0 aromatic carbocycles. The monoisotopic (exact) mass is 118 g/mol. The summed E-state index contributed by atoms with van der Waals surface area (Å²) in [6.45, 7) is 0. The van der Waals surface area contributed by atoms with Gasteiger partial charge in [0.25, 0.3) is 0 Å². The Bertz CT molecular complexity index is 23.6. The minimum atomic E-state index is 0. The zero-order chi connectivity index (χ0) is 4.24. The van der Waals surface area contributed by atoms with Crippen LogP contribution in [0.4, 0.5) is 4.70 Å². The molecule has 0 spiro atoms. The minimum Gasteiger partial charge on any atom is -0.269 e. The normalized spacial score (nSPS) is 19.4.